The number of carbonyl (C=O) groups is 1. The van der Waals surface area contributed by atoms with Gasteiger partial charge in [-0.3, -0.25) is 9.79 Å². The molecule has 3 heteroatoms. The molecule has 2 aliphatic rings. The molecule has 25 heavy (non-hydrogen) atoms. The second kappa shape index (κ2) is 8.85. The third-order valence-corrected chi connectivity index (χ3v) is 5.31. The van der Waals surface area contributed by atoms with Gasteiger partial charge in [0.1, 0.15) is 0 Å². The molecule has 0 aromatic heterocycles. The minimum absolute atomic E-state index is 0.0903. The van der Waals surface area contributed by atoms with E-state index in [4.69, 9.17) is 6.42 Å². The van der Waals surface area contributed by atoms with Gasteiger partial charge in [-0.1, -0.05) is 38.2 Å². The molecular weight excluding hydrogens is 308 g/mol. The van der Waals surface area contributed by atoms with Gasteiger partial charge in [-0.2, -0.15) is 0 Å². The fourth-order valence-electron chi connectivity index (χ4n) is 3.73. The highest BCUT2D eigenvalue weighted by Gasteiger charge is 2.29. The summed E-state index contributed by atoms with van der Waals surface area (Å²) >= 11 is 0. The Hall–Kier alpha value is -2.08. The summed E-state index contributed by atoms with van der Waals surface area (Å²) in [5, 5.41) is 0. The Bertz CT molecular complexity index is 652. The highest BCUT2D eigenvalue weighted by Crippen LogP contribution is 2.38. The average molecular weight is 338 g/mol. The van der Waals surface area contributed by atoms with Crippen LogP contribution in [0, 0.1) is 24.2 Å². The predicted octanol–water partition coefficient (Wildman–Crippen LogP) is 4.53. The molecule has 0 radical (unpaired) electrons. The van der Waals surface area contributed by atoms with E-state index in [9.17, 15) is 4.79 Å². The van der Waals surface area contributed by atoms with Crippen molar-refractivity contribution in [2.45, 2.75) is 51.9 Å². The van der Waals surface area contributed by atoms with Gasteiger partial charge in [0.05, 0.1) is 5.71 Å². The first kappa shape index (κ1) is 19.2. The average Bonchev–Trinajstić information content (AvgIpc) is 3.11. The lowest BCUT2D eigenvalue weighted by Gasteiger charge is -2.28. The maximum Gasteiger partial charge on any atom is 0.249 e. The molecule has 2 aliphatic carbocycles. The number of terminal acetylenes is 1. The van der Waals surface area contributed by atoms with Crippen molar-refractivity contribution in [3.05, 3.63) is 35.6 Å². The van der Waals surface area contributed by atoms with Crippen molar-refractivity contribution in [1.82, 2.24) is 4.90 Å². The second-order valence-corrected chi connectivity index (χ2v) is 7.47. The topological polar surface area (TPSA) is 32.7 Å². The van der Waals surface area contributed by atoms with E-state index in [0.29, 0.717) is 5.71 Å². The van der Waals surface area contributed by atoms with Gasteiger partial charge in [-0.05, 0) is 55.2 Å². The summed E-state index contributed by atoms with van der Waals surface area (Å²) in [7, 11) is 3.62. The quantitative estimate of drug-likeness (QED) is 0.535. The van der Waals surface area contributed by atoms with Crippen molar-refractivity contribution in [2.24, 2.45) is 16.8 Å². The lowest BCUT2D eigenvalue weighted by Crippen LogP contribution is -2.29. The Kier molecular flexibility index (Phi) is 6.82. The van der Waals surface area contributed by atoms with E-state index >= 15 is 0 Å². The predicted molar refractivity (Wildman–Crippen MR) is 105 cm³/mol. The maximum atomic E-state index is 12.7. The summed E-state index contributed by atoms with van der Waals surface area (Å²) in [4.78, 5) is 18.6. The number of allylic oxidation sites excluding steroid dienone is 3. The van der Waals surface area contributed by atoms with Gasteiger partial charge >= 0.3 is 0 Å². The largest absolute Gasteiger partial charge is 0.345 e. The first-order valence-electron chi connectivity index (χ1n) is 9.25. The van der Waals surface area contributed by atoms with Crippen molar-refractivity contribution in [1.29, 1.82) is 0 Å². The fourth-order valence-corrected chi connectivity index (χ4v) is 3.73. The van der Waals surface area contributed by atoms with Crippen LogP contribution in [0.2, 0.25) is 0 Å². The van der Waals surface area contributed by atoms with E-state index in [2.05, 4.69) is 17.5 Å². The summed E-state index contributed by atoms with van der Waals surface area (Å²) in [6, 6.07) is 0. The van der Waals surface area contributed by atoms with Crippen molar-refractivity contribution < 1.29 is 4.79 Å². The van der Waals surface area contributed by atoms with Crippen molar-refractivity contribution in [3.8, 4) is 12.3 Å². The van der Waals surface area contributed by atoms with Crippen molar-refractivity contribution >= 4 is 11.6 Å². The first-order valence-corrected chi connectivity index (χ1v) is 9.25. The third-order valence-electron chi connectivity index (χ3n) is 5.31. The Balaban J connectivity index is 2.22. The minimum Gasteiger partial charge on any atom is -0.345 e. The molecule has 0 aromatic rings. The number of amides is 1. The maximum absolute atomic E-state index is 12.7. The fraction of sp³-hybridized carbons (Fsp3) is 0.545. The summed E-state index contributed by atoms with van der Waals surface area (Å²) in [6.45, 7) is 6.00. The SMILES string of the molecule is C#CC(C)=N/C=C1/C=C(C(=O)N(C)C)C(CCC2CCCC2)CC1=C. The van der Waals surface area contributed by atoms with Crippen LogP contribution in [0.5, 0.6) is 0 Å². The lowest BCUT2D eigenvalue weighted by atomic mass is 9.78. The minimum atomic E-state index is 0.0903. The molecule has 0 spiro atoms. The third kappa shape index (κ3) is 5.19. The van der Waals surface area contributed by atoms with E-state index in [1.54, 1.807) is 18.0 Å². The zero-order valence-corrected chi connectivity index (χ0v) is 15.8. The van der Waals surface area contributed by atoms with Crippen molar-refractivity contribution in [2.75, 3.05) is 14.1 Å². The number of likely N-dealkylation sites (N-methyl/N-ethyl adjacent to an activating group) is 1. The smallest absolute Gasteiger partial charge is 0.249 e. The van der Waals surface area contributed by atoms with E-state index in [0.717, 1.165) is 35.5 Å². The Labute approximate surface area is 152 Å². The normalized spacial score (nSPS) is 23.5. The molecule has 1 saturated carbocycles. The summed E-state index contributed by atoms with van der Waals surface area (Å²) in [5.74, 6) is 3.70. The zero-order chi connectivity index (χ0) is 18.4. The number of nitrogens with zero attached hydrogens (tertiary/aromatic N) is 2. The Morgan fingerprint density at radius 2 is 2.08 bits per heavy atom. The Morgan fingerprint density at radius 1 is 1.40 bits per heavy atom. The van der Waals surface area contributed by atoms with Gasteiger partial charge in [-0.15, -0.1) is 6.42 Å². The van der Waals surface area contributed by atoms with Crippen LogP contribution < -0.4 is 0 Å². The summed E-state index contributed by atoms with van der Waals surface area (Å²) in [5.41, 5.74) is 3.46. The van der Waals surface area contributed by atoms with Crippen LogP contribution in [0.4, 0.5) is 0 Å². The van der Waals surface area contributed by atoms with Crippen LogP contribution in [0.3, 0.4) is 0 Å². The molecule has 1 unspecified atom stereocenters. The molecule has 0 N–H and O–H groups in total. The van der Waals surface area contributed by atoms with Crippen LogP contribution in [-0.2, 0) is 4.79 Å². The van der Waals surface area contributed by atoms with Crippen LogP contribution in [-0.4, -0.2) is 30.6 Å². The lowest BCUT2D eigenvalue weighted by molar-refractivity contribution is -0.125. The first-order chi connectivity index (χ1) is 11.9. The molecule has 0 heterocycles. The summed E-state index contributed by atoms with van der Waals surface area (Å²) < 4.78 is 0. The molecule has 3 nitrogen and oxygen atoms in total. The van der Waals surface area contributed by atoms with Gasteiger partial charge in [0.25, 0.3) is 0 Å². The molecule has 134 valence electrons. The second-order valence-electron chi connectivity index (χ2n) is 7.47. The number of aliphatic imine (C=N–C) groups is 1. The monoisotopic (exact) mass is 338 g/mol. The molecular formula is C22H30N2O. The molecule has 2 rings (SSSR count). The van der Waals surface area contributed by atoms with Gasteiger partial charge < -0.3 is 4.90 Å². The number of carbonyl (C=O) groups excluding carboxylic acids is 1. The van der Waals surface area contributed by atoms with E-state index in [-0.39, 0.29) is 11.8 Å². The zero-order valence-electron chi connectivity index (χ0n) is 15.8. The molecule has 1 fully saturated rings. The van der Waals surface area contributed by atoms with E-state index in [1.807, 2.05) is 20.2 Å². The van der Waals surface area contributed by atoms with Crippen LogP contribution >= 0.6 is 0 Å². The molecule has 0 saturated heterocycles. The summed E-state index contributed by atoms with van der Waals surface area (Å²) in [6.07, 6.45) is 17.6. The molecule has 0 bridgehead atoms. The van der Waals surface area contributed by atoms with Gasteiger partial charge in [0.15, 0.2) is 0 Å². The number of rotatable bonds is 5. The standard InChI is InChI=1S/C22H30N2O/c1-6-17(3)23-15-20-14-21(22(25)24(4)5)19(13-16(20)2)12-11-18-9-7-8-10-18/h1,14-15,18-19H,2,7-13H2,3-5H3/b20-15-,23-17?. The van der Waals surface area contributed by atoms with Gasteiger partial charge in [-0.25, -0.2) is 0 Å². The molecule has 1 atom stereocenters. The van der Waals surface area contributed by atoms with Gasteiger partial charge in [0.2, 0.25) is 5.91 Å². The highest BCUT2D eigenvalue weighted by atomic mass is 16.2. The Morgan fingerprint density at radius 3 is 2.68 bits per heavy atom. The number of hydrogen-bond donors (Lipinski definition) is 0. The molecule has 0 aromatic carbocycles. The number of hydrogen-bond acceptors (Lipinski definition) is 2. The molecule has 0 aliphatic heterocycles. The van der Waals surface area contributed by atoms with Crippen LogP contribution in [0.1, 0.15) is 51.9 Å². The highest BCUT2D eigenvalue weighted by molar-refractivity contribution is 5.98. The van der Waals surface area contributed by atoms with Gasteiger partial charge in [0, 0.05) is 25.9 Å². The molecule has 1 amide bonds. The van der Waals surface area contributed by atoms with Crippen LogP contribution in [0.25, 0.3) is 0 Å². The van der Waals surface area contributed by atoms with E-state index in [1.165, 1.54) is 32.1 Å². The van der Waals surface area contributed by atoms with E-state index < -0.39 is 0 Å². The van der Waals surface area contributed by atoms with Crippen molar-refractivity contribution in [3.63, 3.8) is 0 Å². The van der Waals surface area contributed by atoms with Crippen LogP contribution in [0.15, 0.2) is 40.6 Å².